The molecule has 0 aromatic carbocycles. The molecule has 1 saturated heterocycles. The molecule has 122 valence electrons. The summed E-state index contributed by atoms with van der Waals surface area (Å²) in [6.45, 7) is 2.36. The normalized spacial score (nSPS) is 24.4. The van der Waals surface area contributed by atoms with Crippen LogP contribution >= 0.6 is 11.3 Å². The minimum absolute atomic E-state index is 0.0648. The van der Waals surface area contributed by atoms with Crippen LogP contribution in [0, 0.1) is 0 Å². The number of aromatic amines is 1. The predicted molar refractivity (Wildman–Crippen MR) is 88.5 cm³/mol. The number of carbonyl (C=O) groups excluding carboxylic acids is 1. The zero-order valence-corrected chi connectivity index (χ0v) is 13.8. The van der Waals surface area contributed by atoms with E-state index in [0.29, 0.717) is 12.3 Å². The fraction of sp³-hybridized carbons (Fsp3) is 0.529. The van der Waals surface area contributed by atoms with Crippen molar-refractivity contribution >= 4 is 17.2 Å². The third kappa shape index (κ3) is 3.05. The van der Waals surface area contributed by atoms with Gasteiger partial charge in [0.2, 0.25) is 5.91 Å². The van der Waals surface area contributed by atoms with E-state index in [2.05, 4.69) is 21.6 Å². The number of fused-ring (bicyclic) bond motifs is 1. The molecule has 0 bridgehead atoms. The molecule has 0 spiro atoms. The van der Waals surface area contributed by atoms with E-state index in [1.54, 1.807) is 17.5 Å². The Kier molecular flexibility index (Phi) is 4.18. The topological polar surface area (TPSA) is 58.2 Å². The van der Waals surface area contributed by atoms with Crippen molar-refractivity contribution < 1.29 is 9.53 Å². The lowest BCUT2D eigenvalue weighted by Crippen LogP contribution is -2.40. The van der Waals surface area contributed by atoms with E-state index in [1.807, 2.05) is 11.0 Å². The van der Waals surface area contributed by atoms with E-state index < -0.39 is 0 Å². The average Bonchev–Trinajstić information content (AvgIpc) is 3.27. The summed E-state index contributed by atoms with van der Waals surface area (Å²) in [7, 11) is 0. The van der Waals surface area contributed by atoms with Gasteiger partial charge in [-0.2, -0.15) is 5.10 Å². The Morgan fingerprint density at radius 1 is 1.48 bits per heavy atom. The molecule has 4 rings (SSSR count). The molecular weight excluding hydrogens is 310 g/mol. The number of ether oxygens (including phenoxy) is 1. The average molecular weight is 331 g/mol. The lowest BCUT2D eigenvalue weighted by Gasteiger charge is -2.33. The van der Waals surface area contributed by atoms with Crippen LogP contribution in [-0.4, -0.2) is 40.7 Å². The zero-order valence-electron chi connectivity index (χ0n) is 13.0. The van der Waals surface area contributed by atoms with Gasteiger partial charge in [-0.05, 0) is 35.9 Å². The SMILES string of the molecule is O=C(C[C@H]1OCCc2sccc21)N1CCC[C@H](c2ccn[nH]2)C1. The van der Waals surface area contributed by atoms with E-state index in [4.69, 9.17) is 4.74 Å². The minimum Gasteiger partial charge on any atom is -0.373 e. The van der Waals surface area contributed by atoms with Crippen molar-refractivity contribution in [3.05, 3.63) is 39.8 Å². The zero-order chi connectivity index (χ0) is 15.6. The molecule has 2 aromatic rings. The summed E-state index contributed by atoms with van der Waals surface area (Å²) < 4.78 is 5.87. The Hall–Kier alpha value is -1.66. The van der Waals surface area contributed by atoms with Crippen LogP contribution in [0.5, 0.6) is 0 Å². The second-order valence-electron chi connectivity index (χ2n) is 6.30. The van der Waals surface area contributed by atoms with Gasteiger partial charge in [0.25, 0.3) is 0 Å². The Morgan fingerprint density at radius 3 is 3.30 bits per heavy atom. The minimum atomic E-state index is -0.0648. The van der Waals surface area contributed by atoms with Crippen LogP contribution in [0.3, 0.4) is 0 Å². The maximum atomic E-state index is 12.7. The molecular formula is C17H21N3O2S. The lowest BCUT2D eigenvalue weighted by molar-refractivity contribution is -0.135. The van der Waals surface area contributed by atoms with Crippen LogP contribution in [0.15, 0.2) is 23.7 Å². The first kappa shape index (κ1) is 14.9. The molecule has 6 heteroatoms. The maximum absolute atomic E-state index is 12.7. The second kappa shape index (κ2) is 6.45. The van der Waals surface area contributed by atoms with Crippen LogP contribution in [0.25, 0.3) is 0 Å². The highest BCUT2D eigenvalue weighted by molar-refractivity contribution is 7.10. The number of nitrogens with zero attached hydrogens (tertiary/aromatic N) is 2. The van der Waals surface area contributed by atoms with Crippen molar-refractivity contribution in [3.63, 3.8) is 0 Å². The fourth-order valence-electron chi connectivity index (χ4n) is 3.63. The van der Waals surface area contributed by atoms with Gasteiger partial charge < -0.3 is 9.64 Å². The van der Waals surface area contributed by atoms with E-state index in [1.165, 1.54) is 10.4 Å². The standard InChI is InChI=1S/C17H21N3O2S/c21-17(10-15-13-5-9-23-16(13)4-8-22-15)20-7-1-2-12(11-20)14-3-6-18-19-14/h3,5-6,9,12,15H,1-2,4,7-8,10-11H2,(H,18,19)/t12-,15+/m0/s1. The third-order valence-corrected chi connectivity index (χ3v) is 5.87. The van der Waals surface area contributed by atoms with Gasteiger partial charge in [-0.3, -0.25) is 9.89 Å². The van der Waals surface area contributed by atoms with Crippen molar-refractivity contribution in [1.82, 2.24) is 15.1 Å². The first-order valence-electron chi connectivity index (χ1n) is 8.26. The number of aromatic nitrogens is 2. The Balaban J connectivity index is 1.42. The molecule has 0 radical (unpaired) electrons. The smallest absolute Gasteiger partial charge is 0.225 e. The molecule has 1 amide bonds. The van der Waals surface area contributed by atoms with Gasteiger partial charge in [0.1, 0.15) is 0 Å². The molecule has 1 fully saturated rings. The molecule has 1 N–H and O–H groups in total. The number of thiophene rings is 1. The van der Waals surface area contributed by atoms with Crippen LogP contribution in [0.1, 0.15) is 47.4 Å². The third-order valence-electron chi connectivity index (χ3n) is 4.87. The Morgan fingerprint density at radius 2 is 2.43 bits per heavy atom. The quantitative estimate of drug-likeness (QED) is 0.941. The van der Waals surface area contributed by atoms with Gasteiger partial charge in [0.05, 0.1) is 19.1 Å². The summed E-state index contributed by atoms with van der Waals surface area (Å²) in [6, 6.07) is 4.13. The van der Waals surface area contributed by atoms with Crippen LogP contribution in [-0.2, 0) is 16.0 Å². The number of H-pyrrole nitrogens is 1. The first-order valence-corrected chi connectivity index (χ1v) is 9.14. The highest BCUT2D eigenvalue weighted by atomic mass is 32.1. The van der Waals surface area contributed by atoms with E-state index in [-0.39, 0.29) is 12.0 Å². The number of likely N-dealkylation sites (tertiary alicyclic amines) is 1. The molecule has 23 heavy (non-hydrogen) atoms. The van der Waals surface area contributed by atoms with Gasteiger partial charge in [-0.25, -0.2) is 0 Å². The first-order chi connectivity index (χ1) is 11.3. The molecule has 0 aliphatic carbocycles. The predicted octanol–water partition coefficient (Wildman–Crippen LogP) is 2.88. The van der Waals surface area contributed by atoms with E-state index in [9.17, 15) is 4.79 Å². The van der Waals surface area contributed by atoms with E-state index in [0.717, 1.165) is 44.7 Å². The Bertz CT molecular complexity index is 667. The largest absolute Gasteiger partial charge is 0.373 e. The molecule has 2 aromatic heterocycles. The van der Waals surface area contributed by atoms with Crippen LogP contribution in [0.2, 0.25) is 0 Å². The van der Waals surface area contributed by atoms with E-state index >= 15 is 0 Å². The monoisotopic (exact) mass is 331 g/mol. The number of rotatable bonds is 3. The number of hydrogen-bond donors (Lipinski definition) is 1. The summed E-state index contributed by atoms with van der Waals surface area (Å²) in [4.78, 5) is 16.1. The molecule has 0 unspecified atom stereocenters. The second-order valence-corrected chi connectivity index (χ2v) is 7.30. The van der Waals surface area contributed by atoms with Crippen LogP contribution < -0.4 is 0 Å². The molecule has 0 saturated carbocycles. The van der Waals surface area contributed by atoms with Gasteiger partial charge >= 0.3 is 0 Å². The molecule has 2 aliphatic heterocycles. The Labute approximate surface area is 139 Å². The van der Waals surface area contributed by atoms with Gasteiger partial charge in [-0.1, -0.05) is 0 Å². The summed E-state index contributed by atoms with van der Waals surface area (Å²) in [6.07, 6.45) is 5.31. The van der Waals surface area contributed by atoms with Gasteiger partial charge in [-0.15, -0.1) is 11.3 Å². The van der Waals surface area contributed by atoms with Crippen LogP contribution in [0.4, 0.5) is 0 Å². The number of amides is 1. The number of nitrogens with one attached hydrogen (secondary N) is 1. The summed E-state index contributed by atoms with van der Waals surface area (Å²) >= 11 is 1.77. The maximum Gasteiger partial charge on any atom is 0.225 e. The summed E-state index contributed by atoms with van der Waals surface area (Å²) in [5, 5.41) is 9.18. The van der Waals surface area contributed by atoms with Crippen molar-refractivity contribution in [2.45, 2.75) is 37.7 Å². The molecule has 2 atom stereocenters. The van der Waals surface area contributed by atoms with Crippen molar-refractivity contribution in [2.24, 2.45) is 0 Å². The molecule has 5 nitrogen and oxygen atoms in total. The van der Waals surface area contributed by atoms with Crippen molar-refractivity contribution in [3.8, 4) is 0 Å². The number of hydrogen-bond acceptors (Lipinski definition) is 4. The summed E-state index contributed by atoms with van der Waals surface area (Å²) in [5.74, 6) is 0.581. The van der Waals surface area contributed by atoms with Crippen molar-refractivity contribution in [1.29, 1.82) is 0 Å². The molecule has 4 heterocycles. The highest BCUT2D eigenvalue weighted by Gasteiger charge is 2.29. The lowest BCUT2D eigenvalue weighted by atomic mass is 9.94. The summed E-state index contributed by atoms with van der Waals surface area (Å²) in [5.41, 5.74) is 2.35. The molecule has 2 aliphatic rings. The van der Waals surface area contributed by atoms with Gasteiger partial charge in [0, 0.05) is 42.2 Å². The fourth-order valence-corrected chi connectivity index (χ4v) is 4.55. The number of piperidine rings is 1. The van der Waals surface area contributed by atoms with Crippen molar-refractivity contribution in [2.75, 3.05) is 19.7 Å². The number of carbonyl (C=O) groups is 1. The highest BCUT2D eigenvalue weighted by Crippen LogP contribution is 2.34. The van der Waals surface area contributed by atoms with Gasteiger partial charge in [0.15, 0.2) is 0 Å².